The Hall–Kier alpha value is -2.76. The largest absolute Gasteiger partial charge is 0.342 e. The van der Waals surface area contributed by atoms with Crippen molar-refractivity contribution in [2.24, 2.45) is 0 Å². The van der Waals surface area contributed by atoms with Crippen molar-refractivity contribution in [3.63, 3.8) is 0 Å². The van der Waals surface area contributed by atoms with Crippen LogP contribution < -0.4 is 5.32 Å². The van der Waals surface area contributed by atoms with E-state index in [1.807, 2.05) is 30.3 Å². The van der Waals surface area contributed by atoms with Crippen LogP contribution in [0.5, 0.6) is 0 Å². The van der Waals surface area contributed by atoms with Gasteiger partial charge in [0.25, 0.3) is 0 Å². The number of anilines is 1. The Morgan fingerprint density at radius 2 is 1.76 bits per heavy atom. The molecule has 25 heavy (non-hydrogen) atoms. The van der Waals surface area contributed by atoms with Crippen molar-refractivity contribution < 1.29 is 18.4 Å². The predicted octanol–water partition coefficient (Wildman–Crippen LogP) is 3.38. The molecule has 4 nitrogen and oxygen atoms in total. The smallest absolute Gasteiger partial charge is 0.226 e. The van der Waals surface area contributed by atoms with Gasteiger partial charge in [0.05, 0.1) is 5.69 Å². The average Bonchev–Trinajstić information content (AvgIpc) is 2.58. The van der Waals surface area contributed by atoms with E-state index < -0.39 is 17.5 Å². The lowest BCUT2D eigenvalue weighted by molar-refractivity contribution is -0.129. The molecule has 0 aliphatic carbocycles. The van der Waals surface area contributed by atoms with Crippen molar-refractivity contribution in [1.82, 2.24) is 4.90 Å². The van der Waals surface area contributed by atoms with Crippen LogP contribution in [0.4, 0.5) is 14.5 Å². The van der Waals surface area contributed by atoms with Crippen molar-refractivity contribution >= 4 is 17.5 Å². The molecule has 132 valence electrons. The van der Waals surface area contributed by atoms with Gasteiger partial charge in [0, 0.05) is 32.5 Å². The average molecular weight is 346 g/mol. The summed E-state index contributed by atoms with van der Waals surface area (Å²) < 4.78 is 26.4. The molecule has 6 heteroatoms. The summed E-state index contributed by atoms with van der Waals surface area (Å²) in [5.74, 6) is -2.10. The Kier molecular flexibility index (Phi) is 6.62. The van der Waals surface area contributed by atoms with Gasteiger partial charge >= 0.3 is 0 Å². The highest BCUT2D eigenvalue weighted by atomic mass is 19.1. The van der Waals surface area contributed by atoms with Crippen LogP contribution in [0.3, 0.4) is 0 Å². The topological polar surface area (TPSA) is 49.4 Å². The van der Waals surface area contributed by atoms with E-state index in [4.69, 9.17) is 0 Å². The number of benzene rings is 2. The second kappa shape index (κ2) is 8.92. The van der Waals surface area contributed by atoms with E-state index in [1.54, 1.807) is 4.90 Å². The number of hydrogen-bond donors (Lipinski definition) is 1. The van der Waals surface area contributed by atoms with Crippen LogP contribution in [0.2, 0.25) is 0 Å². The number of carbonyl (C=O) groups is 2. The van der Waals surface area contributed by atoms with Gasteiger partial charge < -0.3 is 10.2 Å². The van der Waals surface area contributed by atoms with Gasteiger partial charge in [-0.1, -0.05) is 30.3 Å². The molecule has 0 unspecified atom stereocenters. The number of hydrogen-bond acceptors (Lipinski definition) is 2. The van der Waals surface area contributed by atoms with Crippen molar-refractivity contribution in [3.05, 3.63) is 65.7 Å². The summed E-state index contributed by atoms with van der Waals surface area (Å²) in [6, 6.07) is 12.7. The normalized spacial score (nSPS) is 10.4. The minimum absolute atomic E-state index is 0.0329. The minimum atomic E-state index is -0.833. The number of nitrogens with zero attached hydrogens (tertiary/aromatic N) is 1. The molecule has 0 aliphatic heterocycles. The van der Waals surface area contributed by atoms with Crippen LogP contribution in [0.15, 0.2) is 48.5 Å². The van der Waals surface area contributed by atoms with Crippen molar-refractivity contribution in [2.45, 2.75) is 19.8 Å². The molecule has 0 aromatic heterocycles. The number of amides is 2. The zero-order valence-electron chi connectivity index (χ0n) is 14.0. The van der Waals surface area contributed by atoms with Crippen molar-refractivity contribution in [2.75, 3.05) is 18.4 Å². The highest BCUT2D eigenvalue weighted by Gasteiger charge is 2.13. The fourth-order valence-electron chi connectivity index (χ4n) is 2.38. The molecule has 0 atom stereocenters. The Morgan fingerprint density at radius 3 is 2.40 bits per heavy atom. The quantitative estimate of drug-likeness (QED) is 0.835. The Morgan fingerprint density at radius 1 is 1.04 bits per heavy atom. The van der Waals surface area contributed by atoms with E-state index in [2.05, 4.69) is 5.32 Å². The van der Waals surface area contributed by atoms with Gasteiger partial charge in [-0.3, -0.25) is 9.59 Å². The van der Waals surface area contributed by atoms with Gasteiger partial charge in [-0.15, -0.1) is 0 Å². The zero-order chi connectivity index (χ0) is 18.2. The van der Waals surface area contributed by atoms with Crippen molar-refractivity contribution in [1.29, 1.82) is 0 Å². The fraction of sp³-hybridized carbons (Fsp3) is 0.263. The van der Waals surface area contributed by atoms with E-state index in [1.165, 1.54) is 13.0 Å². The first kappa shape index (κ1) is 18.6. The summed E-state index contributed by atoms with van der Waals surface area (Å²) in [5.41, 5.74) is 1.02. The highest BCUT2D eigenvalue weighted by Crippen LogP contribution is 2.15. The maximum atomic E-state index is 13.5. The minimum Gasteiger partial charge on any atom is -0.342 e. The molecule has 0 radical (unpaired) electrons. The van der Waals surface area contributed by atoms with Crippen LogP contribution in [-0.4, -0.2) is 29.8 Å². The molecule has 0 bridgehead atoms. The first-order chi connectivity index (χ1) is 12.0. The third-order valence-corrected chi connectivity index (χ3v) is 3.77. The molecule has 2 rings (SSSR count). The number of rotatable bonds is 7. The summed E-state index contributed by atoms with van der Waals surface area (Å²) >= 11 is 0. The molecule has 0 heterocycles. The summed E-state index contributed by atoms with van der Waals surface area (Å²) in [7, 11) is 0. The Labute approximate surface area is 145 Å². The van der Waals surface area contributed by atoms with Gasteiger partial charge in [-0.2, -0.15) is 0 Å². The summed E-state index contributed by atoms with van der Waals surface area (Å²) in [4.78, 5) is 25.2. The third kappa shape index (κ3) is 5.99. The lowest BCUT2D eigenvalue weighted by atomic mass is 10.1. The number of halogens is 2. The van der Waals surface area contributed by atoms with E-state index in [9.17, 15) is 18.4 Å². The molecule has 1 N–H and O–H groups in total. The first-order valence-corrected chi connectivity index (χ1v) is 8.00. The fourth-order valence-corrected chi connectivity index (χ4v) is 2.38. The standard InChI is InChI=1S/C19H20F2N2O2/c1-14(24)23(11-9-15-5-3-2-4-6-15)12-10-19(25)22-18-8-7-16(20)13-17(18)21/h2-8,13H,9-12H2,1H3,(H,22,25). The molecule has 0 saturated carbocycles. The van der Waals surface area contributed by atoms with Crippen LogP contribution in [0.25, 0.3) is 0 Å². The lowest BCUT2D eigenvalue weighted by Crippen LogP contribution is -2.33. The van der Waals surface area contributed by atoms with Crippen molar-refractivity contribution in [3.8, 4) is 0 Å². The predicted molar refractivity (Wildman–Crippen MR) is 92.0 cm³/mol. The molecular formula is C19H20F2N2O2. The molecule has 2 aromatic carbocycles. The zero-order valence-corrected chi connectivity index (χ0v) is 14.0. The summed E-state index contributed by atoms with van der Waals surface area (Å²) in [6.07, 6.45) is 0.722. The van der Waals surface area contributed by atoms with Crippen LogP contribution in [0.1, 0.15) is 18.9 Å². The maximum Gasteiger partial charge on any atom is 0.226 e. The lowest BCUT2D eigenvalue weighted by Gasteiger charge is -2.21. The molecular weight excluding hydrogens is 326 g/mol. The molecule has 0 fully saturated rings. The van der Waals surface area contributed by atoms with Crippen LogP contribution in [0, 0.1) is 11.6 Å². The van der Waals surface area contributed by atoms with E-state index in [-0.39, 0.29) is 24.6 Å². The molecule has 2 aromatic rings. The van der Waals surface area contributed by atoms with Crippen LogP contribution >= 0.6 is 0 Å². The van der Waals surface area contributed by atoms with Gasteiger partial charge in [-0.25, -0.2) is 8.78 Å². The SMILES string of the molecule is CC(=O)N(CCC(=O)Nc1ccc(F)cc1F)CCc1ccccc1. The highest BCUT2D eigenvalue weighted by molar-refractivity contribution is 5.91. The van der Waals surface area contributed by atoms with Crippen LogP contribution in [-0.2, 0) is 16.0 Å². The molecule has 0 aliphatic rings. The Balaban J connectivity index is 1.85. The second-order valence-corrected chi connectivity index (χ2v) is 5.66. The summed E-state index contributed by atoms with van der Waals surface area (Å²) in [5, 5.41) is 2.39. The molecule has 0 spiro atoms. The van der Waals surface area contributed by atoms with Gasteiger partial charge in [0.15, 0.2) is 0 Å². The first-order valence-electron chi connectivity index (χ1n) is 8.00. The maximum absolute atomic E-state index is 13.5. The Bertz CT molecular complexity index is 735. The number of carbonyl (C=O) groups excluding carboxylic acids is 2. The van der Waals surface area contributed by atoms with Gasteiger partial charge in [0.2, 0.25) is 11.8 Å². The number of nitrogens with one attached hydrogen (secondary N) is 1. The molecule has 0 saturated heterocycles. The van der Waals surface area contributed by atoms with E-state index in [0.29, 0.717) is 19.0 Å². The third-order valence-electron chi connectivity index (χ3n) is 3.77. The molecule has 2 amide bonds. The van der Waals surface area contributed by atoms with Gasteiger partial charge in [-0.05, 0) is 24.1 Å². The van der Waals surface area contributed by atoms with Gasteiger partial charge in [0.1, 0.15) is 11.6 Å². The second-order valence-electron chi connectivity index (χ2n) is 5.66. The monoisotopic (exact) mass is 346 g/mol. The van der Waals surface area contributed by atoms with E-state index in [0.717, 1.165) is 11.6 Å². The van der Waals surface area contributed by atoms with E-state index >= 15 is 0 Å². The summed E-state index contributed by atoms with van der Waals surface area (Å²) in [6.45, 7) is 2.18.